The summed E-state index contributed by atoms with van der Waals surface area (Å²) in [5, 5.41) is 0. The molecule has 0 heterocycles. The summed E-state index contributed by atoms with van der Waals surface area (Å²) >= 11 is 3.22. The third-order valence-corrected chi connectivity index (χ3v) is 2.76. The van der Waals surface area contributed by atoms with Gasteiger partial charge in [-0.1, -0.05) is 22.0 Å². The van der Waals surface area contributed by atoms with Crippen LogP contribution in [0, 0.1) is 5.82 Å². The largest absolute Gasteiger partial charge is 0.466 e. The number of benzene rings is 1. The van der Waals surface area contributed by atoms with Gasteiger partial charge in [-0.3, -0.25) is 4.79 Å². The van der Waals surface area contributed by atoms with Crippen molar-refractivity contribution >= 4 is 21.9 Å². The Balaban J connectivity index is 2.91. The van der Waals surface area contributed by atoms with E-state index >= 15 is 0 Å². The van der Waals surface area contributed by atoms with Crippen molar-refractivity contribution in [1.29, 1.82) is 0 Å². The van der Waals surface area contributed by atoms with E-state index in [0.717, 1.165) is 5.56 Å². The quantitative estimate of drug-likeness (QED) is 0.791. The number of halogens is 2. The minimum Gasteiger partial charge on any atom is -0.466 e. The van der Waals surface area contributed by atoms with Gasteiger partial charge in [-0.05, 0) is 31.5 Å². The van der Waals surface area contributed by atoms with Gasteiger partial charge in [0.1, 0.15) is 5.82 Å². The van der Waals surface area contributed by atoms with Crippen molar-refractivity contribution in [3.63, 3.8) is 0 Å². The smallest absolute Gasteiger partial charge is 0.313 e. The van der Waals surface area contributed by atoms with E-state index < -0.39 is 0 Å². The molecule has 0 aliphatic carbocycles. The van der Waals surface area contributed by atoms with Crippen LogP contribution in [0.3, 0.4) is 0 Å². The predicted octanol–water partition coefficient (Wildman–Crippen LogP) is 3.25. The van der Waals surface area contributed by atoms with E-state index in [-0.39, 0.29) is 17.7 Å². The highest BCUT2D eigenvalue weighted by atomic mass is 79.9. The van der Waals surface area contributed by atoms with Crippen LogP contribution in [0.25, 0.3) is 0 Å². The van der Waals surface area contributed by atoms with Gasteiger partial charge in [-0.2, -0.15) is 0 Å². The van der Waals surface area contributed by atoms with Gasteiger partial charge >= 0.3 is 5.97 Å². The Morgan fingerprint density at radius 1 is 1.60 bits per heavy atom. The van der Waals surface area contributed by atoms with E-state index in [4.69, 9.17) is 4.74 Å². The monoisotopic (exact) mass is 274 g/mol. The van der Waals surface area contributed by atoms with Gasteiger partial charge in [0.2, 0.25) is 0 Å². The number of ether oxygens (including phenoxy) is 1. The van der Waals surface area contributed by atoms with Gasteiger partial charge in [-0.15, -0.1) is 0 Å². The summed E-state index contributed by atoms with van der Waals surface area (Å²) in [7, 11) is 0. The molecule has 0 fully saturated rings. The Kier molecular flexibility index (Phi) is 4.27. The molecule has 0 N–H and O–H groups in total. The van der Waals surface area contributed by atoms with Crippen molar-refractivity contribution in [1.82, 2.24) is 0 Å². The summed E-state index contributed by atoms with van der Waals surface area (Å²) in [6, 6.07) is 4.25. The topological polar surface area (TPSA) is 26.3 Å². The fourth-order valence-corrected chi connectivity index (χ4v) is 1.94. The molecule has 0 spiro atoms. The molecule has 0 aromatic heterocycles. The van der Waals surface area contributed by atoms with Crippen molar-refractivity contribution in [2.24, 2.45) is 0 Å². The van der Waals surface area contributed by atoms with Crippen LogP contribution in [0.4, 0.5) is 4.39 Å². The van der Waals surface area contributed by atoms with Crippen LogP contribution in [0.15, 0.2) is 22.7 Å². The Morgan fingerprint density at radius 2 is 2.27 bits per heavy atom. The van der Waals surface area contributed by atoms with Crippen LogP contribution in [0.2, 0.25) is 0 Å². The first-order chi connectivity index (χ1) is 7.06. The lowest BCUT2D eigenvalue weighted by Gasteiger charge is -2.12. The van der Waals surface area contributed by atoms with E-state index in [9.17, 15) is 9.18 Å². The number of hydrogen-bond donors (Lipinski definition) is 0. The second-order valence-electron chi connectivity index (χ2n) is 3.14. The first-order valence-electron chi connectivity index (χ1n) is 4.67. The maximum atomic E-state index is 12.8. The van der Waals surface area contributed by atoms with Crippen LogP contribution < -0.4 is 0 Å². The molecular formula is C11H12BrFO2. The second-order valence-corrected chi connectivity index (χ2v) is 3.99. The molecule has 0 amide bonds. The van der Waals surface area contributed by atoms with Gasteiger partial charge in [0.05, 0.1) is 12.5 Å². The number of carbonyl (C=O) groups excluding carboxylic acids is 1. The molecule has 15 heavy (non-hydrogen) atoms. The molecule has 0 saturated heterocycles. The van der Waals surface area contributed by atoms with Crippen LogP contribution in [0.1, 0.15) is 25.3 Å². The van der Waals surface area contributed by atoms with E-state index in [1.165, 1.54) is 12.1 Å². The zero-order valence-corrected chi connectivity index (χ0v) is 10.2. The van der Waals surface area contributed by atoms with Crippen LogP contribution in [-0.2, 0) is 9.53 Å². The summed E-state index contributed by atoms with van der Waals surface area (Å²) in [6.07, 6.45) is 0. The fraction of sp³-hybridized carbons (Fsp3) is 0.364. The second kappa shape index (κ2) is 5.26. The maximum Gasteiger partial charge on any atom is 0.313 e. The molecule has 1 rings (SSSR count). The summed E-state index contributed by atoms with van der Waals surface area (Å²) in [6.45, 7) is 3.84. The summed E-state index contributed by atoms with van der Waals surface area (Å²) in [5.41, 5.74) is 0.731. The molecule has 0 aliphatic rings. The highest BCUT2D eigenvalue weighted by Gasteiger charge is 2.18. The molecule has 0 bridgehead atoms. The van der Waals surface area contributed by atoms with Crippen LogP contribution >= 0.6 is 15.9 Å². The molecule has 0 saturated carbocycles. The van der Waals surface area contributed by atoms with Crippen molar-refractivity contribution < 1.29 is 13.9 Å². The van der Waals surface area contributed by atoms with E-state index in [0.29, 0.717) is 11.1 Å². The van der Waals surface area contributed by atoms with Crippen LogP contribution in [-0.4, -0.2) is 12.6 Å². The number of carbonyl (C=O) groups is 1. The van der Waals surface area contributed by atoms with E-state index in [2.05, 4.69) is 15.9 Å². The lowest BCUT2D eigenvalue weighted by atomic mass is 10.0. The first-order valence-corrected chi connectivity index (χ1v) is 5.47. The van der Waals surface area contributed by atoms with Gasteiger partial charge < -0.3 is 4.74 Å². The van der Waals surface area contributed by atoms with Crippen molar-refractivity contribution in [3.8, 4) is 0 Å². The van der Waals surface area contributed by atoms with Crippen molar-refractivity contribution in [3.05, 3.63) is 34.1 Å². The lowest BCUT2D eigenvalue weighted by molar-refractivity contribution is -0.144. The summed E-state index contributed by atoms with van der Waals surface area (Å²) < 4.78 is 18.3. The average molecular weight is 275 g/mol. The Labute approximate surface area is 96.6 Å². The lowest BCUT2D eigenvalue weighted by Crippen LogP contribution is -2.13. The number of hydrogen-bond acceptors (Lipinski definition) is 2. The van der Waals surface area contributed by atoms with E-state index in [1.54, 1.807) is 19.9 Å². The van der Waals surface area contributed by atoms with Crippen LogP contribution in [0.5, 0.6) is 0 Å². The zero-order chi connectivity index (χ0) is 11.4. The normalized spacial score (nSPS) is 12.3. The predicted molar refractivity (Wildman–Crippen MR) is 59.1 cm³/mol. The van der Waals surface area contributed by atoms with E-state index in [1.807, 2.05) is 0 Å². The molecule has 0 radical (unpaired) electrons. The zero-order valence-electron chi connectivity index (χ0n) is 8.59. The van der Waals surface area contributed by atoms with Gasteiger partial charge in [0.25, 0.3) is 0 Å². The van der Waals surface area contributed by atoms with Gasteiger partial charge in [0.15, 0.2) is 0 Å². The SMILES string of the molecule is CCOC(=O)C(C)c1ccc(F)cc1Br. The summed E-state index contributed by atoms with van der Waals surface area (Å²) in [4.78, 5) is 11.4. The van der Waals surface area contributed by atoms with Crippen molar-refractivity contribution in [2.75, 3.05) is 6.61 Å². The first kappa shape index (κ1) is 12.2. The minimum absolute atomic E-state index is 0.301. The Bertz CT molecular complexity index is 366. The fourth-order valence-electron chi connectivity index (χ4n) is 1.25. The molecule has 1 atom stereocenters. The molecule has 82 valence electrons. The standard InChI is InChI=1S/C11H12BrFO2/c1-3-15-11(14)7(2)9-5-4-8(13)6-10(9)12/h4-7H,3H2,1-2H3. The molecule has 1 aromatic carbocycles. The third kappa shape index (κ3) is 3.02. The molecule has 1 unspecified atom stereocenters. The maximum absolute atomic E-state index is 12.8. The van der Waals surface area contributed by atoms with Gasteiger partial charge in [0, 0.05) is 4.47 Å². The minimum atomic E-state index is -0.389. The molecule has 0 aliphatic heterocycles. The van der Waals surface area contributed by atoms with Crippen molar-refractivity contribution in [2.45, 2.75) is 19.8 Å². The highest BCUT2D eigenvalue weighted by Crippen LogP contribution is 2.26. The Hall–Kier alpha value is -0.900. The highest BCUT2D eigenvalue weighted by molar-refractivity contribution is 9.10. The molecular weight excluding hydrogens is 263 g/mol. The molecule has 2 nitrogen and oxygen atoms in total. The van der Waals surface area contributed by atoms with Gasteiger partial charge in [-0.25, -0.2) is 4.39 Å². The average Bonchev–Trinajstić information content (AvgIpc) is 2.17. The number of rotatable bonds is 3. The molecule has 4 heteroatoms. The third-order valence-electron chi connectivity index (χ3n) is 2.07. The Morgan fingerprint density at radius 3 is 2.80 bits per heavy atom. The number of esters is 1. The summed E-state index contributed by atoms with van der Waals surface area (Å²) in [5.74, 6) is -1.02. The molecule has 1 aromatic rings.